The van der Waals surface area contributed by atoms with Gasteiger partial charge in [0, 0.05) is 0 Å². The van der Waals surface area contributed by atoms with Gasteiger partial charge in [0.15, 0.2) is 11.4 Å². The van der Waals surface area contributed by atoms with Crippen LogP contribution in [0.15, 0.2) is 24.5 Å². The molecule has 2 rings (SSSR count). The number of carbonyl (C=O) groups is 1. The van der Waals surface area contributed by atoms with E-state index in [2.05, 4.69) is 15.3 Å². The number of ether oxygens (including phenoxy) is 1. The standard InChI is InChI=1S/C11H12ClN3O2.C6H4ClN3/c1-11(2,3)17-10(16)15-7-4-8(12)9(5-13)14-6-7;7-5-1-4(9)3-10-6(5)2-8/h4,6H,1-3H3,(H,15,16);1,3H,9H2. The summed E-state index contributed by atoms with van der Waals surface area (Å²) in [6.07, 6.45) is 2.14. The number of pyridine rings is 2. The highest BCUT2D eigenvalue weighted by molar-refractivity contribution is 6.32. The molecule has 0 spiro atoms. The molecule has 0 aliphatic heterocycles. The van der Waals surface area contributed by atoms with Crippen molar-refractivity contribution in [3.05, 3.63) is 46.0 Å². The number of nitrogen functional groups attached to an aromatic ring is 1. The first kappa shape index (κ1) is 22.0. The van der Waals surface area contributed by atoms with Gasteiger partial charge in [-0.05, 0) is 32.9 Å². The average molecular weight is 407 g/mol. The Morgan fingerprint density at radius 1 is 1.11 bits per heavy atom. The zero-order valence-corrected chi connectivity index (χ0v) is 16.3. The van der Waals surface area contributed by atoms with Crippen molar-refractivity contribution >= 4 is 40.7 Å². The van der Waals surface area contributed by atoms with E-state index in [9.17, 15) is 4.79 Å². The molecule has 0 aliphatic carbocycles. The van der Waals surface area contributed by atoms with Crippen LogP contribution in [0.4, 0.5) is 16.2 Å². The number of nitrogens with one attached hydrogen (secondary N) is 1. The van der Waals surface area contributed by atoms with Crippen LogP contribution in [0, 0.1) is 22.7 Å². The van der Waals surface area contributed by atoms with Crippen molar-refractivity contribution in [1.29, 1.82) is 10.5 Å². The largest absolute Gasteiger partial charge is 0.444 e. The molecular formula is C17H16Cl2N6O2. The van der Waals surface area contributed by atoms with E-state index in [1.54, 1.807) is 20.8 Å². The first-order valence-corrected chi connectivity index (χ1v) is 8.18. The van der Waals surface area contributed by atoms with Gasteiger partial charge in [-0.15, -0.1) is 0 Å². The lowest BCUT2D eigenvalue weighted by molar-refractivity contribution is 0.0636. The predicted molar refractivity (Wildman–Crippen MR) is 102 cm³/mol. The van der Waals surface area contributed by atoms with E-state index in [1.165, 1.54) is 24.5 Å². The third-order valence-electron chi connectivity index (χ3n) is 2.56. The van der Waals surface area contributed by atoms with Crippen LogP contribution >= 0.6 is 23.2 Å². The fourth-order valence-electron chi connectivity index (χ4n) is 1.54. The number of anilines is 2. The van der Waals surface area contributed by atoms with Crippen molar-refractivity contribution in [3.8, 4) is 12.1 Å². The number of halogens is 2. The molecule has 0 unspecified atom stereocenters. The molecule has 3 N–H and O–H groups in total. The number of nitrogens with zero attached hydrogens (tertiary/aromatic N) is 4. The Bertz CT molecular complexity index is 913. The molecule has 0 fully saturated rings. The van der Waals surface area contributed by atoms with Crippen molar-refractivity contribution in [2.45, 2.75) is 26.4 Å². The molecule has 2 heterocycles. The Kier molecular flexibility index (Phi) is 7.79. The van der Waals surface area contributed by atoms with Gasteiger partial charge in [-0.3, -0.25) is 5.32 Å². The van der Waals surface area contributed by atoms with E-state index in [0.29, 0.717) is 16.4 Å². The molecule has 10 heteroatoms. The average Bonchev–Trinajstić information content (AvgIpc) is 2.54. The summed E-state index contributed by atoms with van der Waals surface area (Å²) in [6, 6.07) is 6.59. The Morgan fingerprint density at radius 3 is 2.07 bits per heavy atom. The smallest absolute Gasteiger partial charge is 0.412 e. The van der Waals surface area contributed by atoms with Gasteiger partial charge in [-0.2, -0.15) is 10.5 Å². The molecular weight excluding hydrogens is 391 g/mol. The molecule has 2 aromatic heterocycles. The number of nitriles is 2. The fourth-order valence-corrected chi connectivity index (χ4v) is 1.97. The van der Waals surface area contributed by atoms with Gasteiger partial charge in [0.1, 0.15) is 17.7 Å². The number of hydrogen-bond acceptors (Lipinski definition) is 7. The van der Waals surface area contributed by atoms with Crippen LogP contribution in [-0.2, 0) is 4.74 Å². The minimum atomic E-state index is -0.597. The molecule has 0 aliphatic rings. The van der Waals surface area contributed by atoms with Crippen LogP contribution in [0.1, 0.15) is 32.2 Å². The normalized spacial score (nSPS) is 9.89. The Hall–Kier alpha value is -3.07. The highest BCUT2D eigenvalue weighted by Gasteiger charge is 2.16. The minimum absolute atomic E-state index is 0.112. The summed E-state index contributed by atoms with van der Waals surface area (Å²) in [4.78, 5) is 18.9. The highest BCUT2D eigenvalue weighted by Crippen LogP contribution is 2.18. The fraction of sp³-hybridized carbons (Fsp3) is 0.235. The van der Waals surface area contributed by atoms with Crippen molar-refractivity contribution in [3.63, 3.8) is 0 Å². The van der Waals surface area contributed by atoms with Gasteiger partial charge in [0.05, 0.1) is 33.8 Å². The van der Waals surface area contributed by atoms with E-state index in [-0.39, 0.29) is 16.4 Å². The quantitative estimate of drug-likeness (QED) is 0.724. The molecule has 8 nitrogen and oxygen atoms in total. The van der Waals surface area contributed by atoms with E-state index >= 15 is 0 Å². The molecule has 0 atom stereocenters. The van der Waals surface area contributed by atoms with Gasteiger partial charge in [0.25, 0.3) is 0 Å². The predicted octanol–water partition coefficient (Wildman–Crippen LogP) is 4.14. The van der Waals surface area contributed by atoms with Crippen LogP contribution in [0.5, 0.6) is 0 Å². The molecule has 0 aromatic carbocycles. The second-order valence-electron chi connectivity index (χ2n) is 6.00. The third kappa shape index (κ3) is 7.78. The summed E-state index contributed by atoms with van der Waals surface area (Å²) < 4.78 is 5.05. The van der Waals surface area contributed by atoms with Crippen LogP contribution in [0.25, 0.3) is 0 Å². The topological polar surface area (TPSA) is 138 Å². The van der Waals surface area contributed by atoms with E-state index in [4.69, 9.17) is 44.2 Å². The number of nitrogens with two attached hydrogens (primary N) is 1. The number of carbonyl (C=O) groups excluding carboxylic acids is 1. The molecule has 0 saturated carbocycles. The minimum Gasteiger partial charge on any atom is -0.444 e. The number of amides is 1. The third-order valence-corrected chi connectivity index (χ3v) is 3.14. The second kappa shape index (κ2) is 9.58. The SMILES string of the molecule is CC(C)(C)OC(=O)Nc1cnc(C#N)c(Cl)c1.N#Cc1ncc(N)cc1Cl. The lowest BCUT2D eigenvalue weighted by Crippen LogP contribution is -2.27. The van der Waals surface area contributed by atoms with Crippen LogP contribution in [0.3, 0.4) is 0 Å². The summed E-state index contributed by atoms with van der Waals surface area (Å²) in [5.41, 5.74) is 5.91. The van der Waals surface area contributed by atoms with Crippen molar-refractivity contribution in [1.82, 2.24) is 9.97 Å². The van der Waals surface area contributed by atoms with Crippen molar-refractivity contribution in [2.24, 2.45) is 0 Å². The molecule has 140 valence electrons. The van der Waals surface area contributed by atoms with Crippen LogP contribution < -0.4 is 11.1 Å². The summed E-state index contributed by atoms with van der Waals surface area (Å²) in [5.74, 6) is 0. The maximum atomic E-state index is 11.4. The molecule has 0 bridgehead atoms. The first-order valence-electron chi connectivity index (χ1n) is 7.42. The van der Waals surface area contributed by atoms with Crippen LogP contribution in [0.2, 0.25) is 10.0 Å². The maximum absolute atomic E-state index is 11.4. The van der Waals surface area contributed by atoms with Crippen LogP contribution in [-0.4, -0.2) is 21.7 Å². The zero-order chi connectivity index (χ0) is 20.6. The zero-order valence-electron chi connectivity index (χ0n) is 14.7. The van der Waals surface area contributed by atoms with Crippen molar-refractivity contribution < 1.29 is 9.53 Å². The molecule has 0 saturated heterocycles. The first-order chi connectivity index (χ1) is 12.6. The van der Waals surface area contributed by atoms with Crippen molar-refractivity contribution in [2.75, 3.05) is 11.1 Å². The Labute approximate surface area is 166 Å². The Balaban J connectivity index is 0.000000309. The molecule has 27 heavy (non-hydrogen) atoms. The summed E-state index contributed by atoms with van der Waals surface area (Å²) in [6.45, 7) is 5.28. The summed E-state index contributed by atoms with van der Waals surface area (Å²) in [5, 5.41) is 20.0. The van der Waals surface area contributed by atoms with E-state index in [1.807, 2.05) is 12.1 Å². The summed E-state index contributed by atoms with van der Waals surface area (Å²) >= 11 is 11.3. The van der Waals surface area contributed by atoms with Gasteiger partial charge < -0.3 is 10.5 Å². The van der Waals surface area contributed by atoms with E-state index in [0.717, 1.165) is 0 Å². The maximum Gasteiger partial charge on any atom is 0.412 e. The number of aromatic nitrogens is 2. The second-order valence-corrected chi connectivity index (χ2v) is 6.82. The number of rotatable bonds is 1. The van der Waals surface area contributed by atoms with Gasteiger partial charge in [-0.25, -0.2) is 14.8 Å². The Morgan fingerprint density at radius 2 is 1.63 bits per heavy atom. The van der Waals surface area contributed by atoms with Gasteiger partial charge in [0.2, 0.25) is 0 Å². The highest BCUT2D eigenvalue weighted by atomic mass is 35.5. The van der Waals surface area contributed by atoms with E-state index < -0.39 is 11.7 Å². The molecule has 1 amide bonds. The van der Waals surface area contributed by atoms with Gasteiger partial charge in [-0.1, -0.05) is 23.2 Å². The van der Waals surface area contributed by atoms with Gasteiger partial charge >= 0.3 is 6.09 Å². The molecule has 0 radical (unpaired) electrons. The lowest BCUT2D eigenvalue weighted by atomic mass is 10.2. The molecule has 2 aromatic rings. The summed E-state index contributed by atoms with van der Waals surface area (Å²) in [7, 11) is 0. The lowest BCUT2D eigenvalue weighted by Gasteiger charge is -2.19. The monoisotopic (exact) mass is 406 g/mol. The number of hydrogen-bond donors (Lipinski definition) is 2.